The van der Waals surface area contributed by atoms with Gasteiger partial charge in [0.15, 0.2) is 0 Å². The van der Waals surface area contributed by atoms with Gasteiger partial charge in [-0.3, -0.25) is 14.4 Å². The Hall–Kier alpha value is -1.59. The first kappa shape index (κ1) is 21.1. The lowest BCUT2D eigenvalue weighted by Gasteiger charge is -2.56. The molecule has 4 fully saturated rings. The van der Waals surface area contributed by atoms with E-state index in [9.17, 15) is 14.4 Å². The van der Waals surface area contributed by atoms with Crippen LogP contribution in [0.5, 0.6) is 0 Å². The molecule has 0 saturated heterocycles. The van der Waals surface area contributed by atoms with Gasteiger partial charge in [0.1, 0.15) is 6.04 Å². The van der Waals surface area contributed by atoms with E-state index in [1.807, 2.05) is 13.8 Å². The van der Waals surface area contributed by atoms with E-state index in [0.717, 1.165) is 19.3 Å². The Bertz CT molecular complexity index is 580. The Balaban J connectivity index is 1.60. The number of methoxy groups -OCH3 is 1. The minimum absolute atomic E-state index is 0.0217. The second kappa shape index (κ2) is 8.42. The number of ether oxygens (including phenoxy) is 1. The topological polar surface area (TPSA) is 75.7 Å². The highest BCUT2D eigenvalue weighted by atomic mass is 16.5. The summed E-state index contributed by atoms with van der Waals surface area (Å²) in [6, 6.07) is -0.511. The zero-order chi connectivity index (χ0) is 20.5. The van der Waals surface area contributed by atoms with Crippen LogP contribution in [0.15, 0.2) is 0 Å². The number of carbonyl (C=O) groups excluding carboxylic acids is 3. The summed E-state index contributed by atoms with van der Waals surface area (Å²) in [5.41, 5.74) is -0.244. The predicted molar refractivity (Wildman–Crippen MR) is 106 cm³/mol. The third-order valence-corrected chi connectivity index (χ3v) is 7.22. The molecule has 4 saturated carbocycles. The maximum atomic E-state index is 13.3. The average molecular weight is 393 g/mol. The van der Waals surface area contributed by atoms with Crippen LogP contribution in [-0.2, 0) is 19.1 Å². The van der Waals surface area contributed by atoms with Crippen LogP contribution in [0.3, 0.4) is 0 Å². The first-order valence-electron chi connectivity index (χ1n) is 10.9. The molecule has 0 radical (unpaired) electrons. The molecule has 158 valence electrons. The fourth-order valence-corrected chi connectivity index (χ4v) is 6.11. The maximum Gasteiger partial charge on any atom is 0.305 e. The van der Waals surface area contributed by atoms with Crippen LogP contribution in [-0.4, -0.2) is 49.4 Å². The number of esters is 1. The summed E-state index contributed by atoms with van der Waals surface area (Å²) in [4.78, 5) is 39.2. The molecule has 0 spiro atoms. The molecule has 1 N–H and O–H groups in total. The minimum atomic E-state index is -0.511. The van der Waals surface area contributed by atoms with E-state index in [1.54, 1.807) is 11.9 Å². The highest BCUT2D eigenvalue weighted by Gasteiger charge is 2.55. The van der Waals surface area contributed by atoms with Crippen molar-refractivity contribution in [3.63, 3.8) is 0 Å². The highest BCUT2D eigenvalue weighted by molar-refractivity contribution is 5.90. The van der Waals surface area contributed by atoms with E-state index in [0.29, 0.717) is 37.1 Å². The monoisotopic (exact) mass is 392 g/mol. The van der Waals surface area contributed by atoms with Crippen molar-refractivity contribution in [3.8, 4) is 0 Å². The van der Waals surface area contributed by atoms with Gasteiger partial charge in [0, 0.05) is 25.4 Å². The second-order valence-corrected chi connectivity index (χ2v) is 9.83. The summed E-state index contributed by atoms with van der Waals surface area (Å²) in [7, 11) is 3.11. The Kier molecular flexibility index (Phi) is 6.35. The van der Waals surface area contributed by atoms with Crippen LogP contribution >= 0.6 is 0 Å². The molecule has 2 amide bonds. The van der Waals surface area contributed by atoms with Gasteiger partial charge in [0.2, 0.25) is 11.8 Å². The lowest BCUT2D eigenvalue weighted by Crippen LogP contribution is -2.58. The Morgan fingerprint density at radius 1 is 1.07 bits per heavy atom. The predicted octanol–water partition coefficient (Wildman–Crippen LogP) is 2.76. The molecule has 4 aliphatic rings. The molecule has 4 aliphatic carbocycles. The quantitative estimate of drug-likeness (QED) is 0.645. The first-order chi connectivity index (χ1) is 13.2. The molecule has 0 aromatic rings. The largest absolute Gasteiger partial charge is 0.469 e. The summed E-state index contributed by atoms with van der Waals surface area (Å²) in [6.45, 7) is 4.43. The molecule has 0 aromatic carbocycles. The van der Waals surface area contributed by atoms with Crippen LogP contribution in [0.2, 0.25) is 0 Å². The SMILES string of the molecule is COC(=O)CCCN(C)C(=O)C(NC(=O)C12CC3CC(CC(C3)C1)C2)C(C)C. The molecule has 1 unspecified atom stereocenters. The zero-order valence-corrected chi connectivity index (χ0v) is 17.8. The van der Waals surface area contributed by atoms with E-state index in [-0.39, 0.29) is 29.1 Å². The minimum Gasteiger partial charge on any atom is -0.469 e. The number of rotatable bonds is 8. The van der Waals surface area contributed by atoms with E-state index in [1.165, 1.54) is 26.4 Å². The normalized spacial score (nSPS) is 31.5. The number of likely N-dealkylation sites (N-methyl/N-ethyl adjacent to an activating group) is 1. The van der Waals surface area contributed by atoms with Gasteiger partial charge in [0.05, 0.1) is 7.11 Å². The molecule has 28 heavy (non-hydrogen) atoms. The van der Waals surface area contributed by atoms with Gasteiger partial charge in [-0.15, -0.1) is 0 Å². The first-order valence-corrected chi connectivity index (χ1v) is 10.9. The Morgan fingerprint density at radius 3 is 2.07 bits per heavy atom. The van der Waals surface area contributed by atoms with Gasteiger partial charge in [-0.2, -0.15) is 0 Å². The summed E-state index contributed by atoms with van der Waals surface area (Å²) >= 11 is 0. The van der Waals surface area contributed by atoms with Crippen LogP contribution in [0.4, 0.5) is 0 Å². The maximum absolute atomic E-state index is 13.3. The summed E-state index contributed by atoms with van der Waals surface area (Å²) in [6.07, 6.45) is 7.73. The molecule has 0 aliphatic heterocycles. The molecule has 1 atom stereocenters. The van der Waals surface area contributed by atoms with Gasteiger partial charge in [-0.25, -0.2) is 0 Å². The van der Waals surface area contributed by atoms with Crippen molar-refractivity contribution in [1.82, 2.24) is 10.2 Å². The number of amides is 2. The number of carbonyl (C=O) groups is 3. The van der Waals surface area contributed by atoms with Crippen LogP contribution in [0.1, 0.15) is 65.2 Å². The summed E-state index contributed by atoms with van der Waals surface area (Å²) in [5.74, 6) is 1.88. The van der Waals surface area contributed by atoms with Crippen molar-refractivity contribution in [2.45, 2.75) is 71.3 Å². The number of nitrogens with zero attached hydrogens (tertiary/aromatic N) is 1. The molecular formula is C22H36N2O4. The van der Waals surface area contributed by atoms with Gasteiger partial charge >= 0.3 is 5.97 Å². The van der Waals surface area contributed by atoms with Crippen molar-refractivity contribution in [2.24, 2.45) is 29.1 Å². The van der Waals surface area contributed by atoms with Gasteiger partial charge in [-0.1, -0.05) is 13.8 Å². The summed E-state index contributed by atoms with van der Waals surface area (Å²) in [5, 5.41) is 3.14. The molecular weight excluding hydrogens is 356 g/mol. The fraction of sp³-hybridized carbons (Fsp3) is 0.864. The summed E-state index contributed by atoms with van der Waals surface area (Å²) < 4.78 is 4.65. The molecule has 6 nitrogen and oxygen atoms in total. The zero-order valence-electron chi connectivity index (χ0n) is 17.8. The van der Waals surface area contributed by atoms with E-state index in [2.05, 4.69) is 10.1 Å². The average Bonchev–Trinajstić information content (AvgIpc) is 2.63. The second-order valence-electron chi connectivity index (χ2n) is 9.83. The van der Waals surface area contributed by atoms with Crippen molar-refractivity contribution in [1.29, 1.82) is 0 Å². The van der Waals surface area contributed by atoms with Crippen molar-refractivity contribution in [3.05, 3.63) is 0 Å². The molecule has 0 heterocycles. The molecule has 4 rings (SSSR count). The smallest absolute Gasteiger partial charge is 0.305 e. The van der Waals surface area contributed by atoms with Crippen molar-refractivity contribution < 1.29 is 19.1 Å². The van der Waals surface area contributed by atoms with Crippen molar-refractivity contribution in [2.75, 3.05) is 20.7 Å². The lowest BCUT2D eigenvalue weighted by molar-refractivity contribution is -0.150. The van der Waals surface area contributed by atoms with Gasteiger partial charge in [-0.05, 0) is 68.6 Å². The Morgan fingerprint density at radius 2 is 1.61 bits per heavy atom. The third-order valence-electron chi connectivity index (χ3n) is 7.22. The van der Waals surface area contributed by atoms with Crippen molar-refractivity contribution >= 4 is 17.8 Å². The molecule has 0 aromatic heterocycles. The molecule has 4 bridgehead atoms. The van der Waals surface area contributed by atoms with Gasteiger partial charge < -0.3 is 15.0 Å². The van der Waals surface area contributed by atoms with Gasteiger partial charge in [0.25, 0.3) is 0 Å². The van der Waals surface area contributed by atoms with E-state index in [4.69, 9.17) is 0 Å². The number of nitrogens with one attached hydrogen (secondary N) is 1. The van der Waals surface area contributed by atoms with Crippen LogP contribution < -0.4 is 5.32 Å². The van der Waals surface area contributed by atoms with E-state index >= 15 is 0 Å². The fourth-order valence-electron chi connectivity index (χ4n) is 6.11. The van der Waals surface area contributed by atoms with Crippen LogP contribution in [0.25, 0.3) is 0 Å². The lowest BCUT2D eigenvalue weighted by atomic mass is 9.49. The molecule has 6 heteroatoms. The van der Waals surface area contributed by atoms with E-state index < -0.39 is 6.04 Å². The number of hydrogen-bond donors (Lipinski definition) is 1. The Labute approximate surface area is 168 Å². The highest BCUT2D eigenvalue weighted by Crippen LogP contribution is 2.60. The standard InChI is InChI=1S/C22H36N2O4/c1-14(2)19(20(26)24(3)7-5-6-18(25)28-4)23-21(27)22-11-15-8-16(12-22)10-17(9-15)13-22/h14-17,19H,5-13H2,1-4H3,(H,23,27). The third kappa shape index (κ3) is 4.36. The number of hydrogen-bond acceptors (Lipinski definition) is 4. The van der Waals surface area contributed by atoms with Crippen LogP contribution in [0, 0.1) is 29.1 Å².